The van der Waals surface area contributed by atoms with Crippen LogP contribution in [-0.4, -0.2) is 33.2 Å². The van der Waals surface area contributed by atoms with Gasteiger partial charge in [0.05, 0.1) is 11.9 Å². The average Bonchev–Trinajstić information content (AvgIpc) is 3.09. The molecule has 0 atom stereocenters. The van der Waals surface area contributed by atoms with Crippen LogP contribution in [0.3, 0.4) is 0 Å². The van der Waals surface area contributed by atoms with E-state index in [1.54, 1.807) is 29.9 Å². The fraction of sp³-hybridized carbons (Fsp3) is 0.238. The van der Waals surface area contributed by atoms with Crippen LogP contribution >= 0.6 is 0 Å². The lowest BCUT2D eigenvalue weighted by Crippen LogP contribution is -2.22. The van der Waals surface area contributed by atoms with Gasteiger partial charge in [-0.2, -0.15) is 5.10 Å². The number of nitrogens with zero attached hydrogens (tertiary/aromatic N) is 3. The molecule has 3 rings (SSSR count). The molecule has 7 nitrogen and oxygen atoms in total. The Balaban J connectivity index is 1.65. The first-order valence-electron chi connectivity index (χ1n) is 9.02. The van der Waals surface area contributed by atoms with Crippen molar-refractivity contribution >= 4 is 17.6 Å². The number of esters is 1. The third-order valence-corrected chi connectivity index (χ3v) is 4.43. The molecule has 1 amide bonds. The summed E-state index contributed by atoms with van der Waals surface area (Å²) in [5.74, 6) is -0.383. The molecule has 0 fully saturated rings. The highest BCUT2D eigenvalue weighted by Gasteiger charge is 2.18. The number of benzene rings is 1. The molecule has 1 aromatic carbocycles. The largest absolute Gasteiger partial charge is 0.452 e. The summed E-state index contributed by atoms with van der Waals surface area (Å²) < 4.78 is 6.73. The molecule has 28 heavy (non-hydrogen) atoms. The predicted molar refractivity (Wildman–Crippen MR) is 106 cm³/mol. The second kappa shape index (κ2) is 8.47. The summed E-state index contributed by atoms with van der Waals surface area (Å²) in [5.41, 5.74) is 3.66. The summed E-state index contributed by atoms with van der Waals surface area (Å²) in [7, 11) is 0. The normalized spacial score (nSPS) is 10.5. The van der Waals surface area contributed by atoms with Crippen molar-refractivity contribution in [2.24, 2.45) is 0 Å². The number of aromatic nitrogens is 3. The van der Waals surface area contributed by atoms with Gasteiger partial charge in [0.25, 0.3) is 5.91 Å². The van der Waals surface area contributed by atoms with E-state index < -0.39 is 5.97 Å². The van der Waals surface area contributed by atoms with Gasteiger partial charge in [-0.3, -0.25) is 4.79 Å². The van der Waals surface area contributed by atoms with Gasteiger partial charge in [-0.15, -0.1) is 0 Å². The Hall–Kier alpha value is -3.48. The number of aryl methyl sites for hydroxylation is 2. The van der Waals surface area contributed by atoms with Crippen LogP contribution in [0, 0.1) is 13.8 Å². The number of carbonyl (C=O) groups excluding carboxylic acids is 2. The van der Waals surface area contributed by atoms with E-state index in [1.807, 2.05) is 38.1 Å². The number of rotatable bonds is 6. The Morgan fingerprint density at radius 3 is 2.68 bits per heavy atom. The Bertz CT molecular complexity index is 996. The van der Waals surface area contributed by atoms with Gasteiger partial charge in [-0.05, 0) is 43.5 Å². The molecule has 1 N–H and O–H groups in total. The standard InChI is InChI=1S/C21H22N4O3/c1-4-16-9-7-8-14(2)20(16)24-19(26)13-28-21(27)17-12-23-25(15(17)3)18-10-5-6-11-22-18/h5-12H,4,13H2,1-3H3,(H,24,26). The van der Waals surface area contributed by atoms with Crippen molar-refractivity contribution in [2.45, 2.75) is 27.2 Å². The summed E-state index contributed by atoms with van der Waals surface area (Å²) in [6.45, 7) is 5.33. The van der Waals surface area contributed by atoms with Crippen LogP contribution < -0.4 is 5.32 Å². The second-order valence-corrected chi connectivity index (χ2v) is 6.33. The van der Waals surface area contributed by atoms with Crippen molar-refractivity contribution in [3.05, 3.63) is 71.2 Å². The monoisotopic (exact) mass is 378 g/mol. The van der Waals surface area contributed by atoms with Gasteiger partial charge < -0.3 is 10.1 Å². The lowest BCUT2D eigenvalue weighted by molar-refractivity contribution is -0.119. The molecule has 144 valence electrons. The maximum Gasteiger partial charge on any atom is 0.342 e. The molecule has 0 aliphatic carbocycles. The molecule has 2 heterocycles. The molecule has 2 aromatic heterocycles. The maximum absolute atomic E-state index is 12.4. The van der Waals surface area contributed by atoms with Gasteiger partial charge >= 0.3 is 5.97 Å². The lowest BCUT2D eigenvalue weighted by Gasteiger charge is -2.13. The van der Waals surface area contributed by atoms with Crippen LogP contribution in [0.5, 0.6) is 0 Å². The number of hydrogen-bond acceptors (Lipinski definition) is 5. The minimum Gasteiger partial charge on any atom is -0.452 e. The summed E-state index contributed by atoms with van der Waals surface area (Å²) in [4.78, 5) is 28.9. The van der Waals surface area contributed by atoms with Crippen LogP contribution in [-0.2, 0) is 16.0 Å². The third-order valence-electron chi connectivity index (χ3n) is 4.43. The van der Waals surface area contributed by atoms with Gasteiger partial charge in [0, 0.05) is 11.9 Å². The molecule has 3 aromatic rings. The number of para-hydroxylation sites is 1. The van der Waals surface area contributed by atoms with Crippen molar-refractivity contribution in [3.63, 3.8) is 0 Å². The summed E-state index contributed by atoms with van der Waals surface area (Å²) >= 11 is 0. The number of ether oxygens (including phenoxy) is 1. The Kier molecular flexibility index (Phi) is 5.84. The number of nitrogens with one attached hydrogen (secondary N) is 1. The first-order chi connectivity index (χ1) is 13.5. The summed E-state index contributed by atoms with van der Waals surface area (Å²) in [5, 5.41) is 7.02. The highest BCUT2D eigenvalue weighted by molar-refractivity contribution is 5.96. The van der Waals surface area contributed by atoms with Crippen molar-refractivity contribution in [1.82, 2.24) is 14.8 Å². The molecule has 0 spiro atoms. The lowest BCUT2D eigenvalue weighted by atomic mass is 10.1. The van der Waals surface area contributed by atoms with Crippen molar-refractivity contribution in [3.8, 4) is 5.82 Å². The van der Waals surface area contributed by atoms with E-state index in [-0.39, 0.29) is 12.5 Å². The maximum atomic E-state index is 12.4. The SMILES string of the molecule is CCc1cccc(C)c1NC(=O)COC(=O)c1cnn(-c2ccccn2)c1C. The smallest absolute Gasteiger partial charge is 0.342 e. The van der Waals surface area contributed by atoms with Gasteiger partial charge in [0.2, 0.25) is 0 Å². The van der Waals surface area contributed by atoms with Gasteiger partial charge in [0.15, 0.2) is 12.4 Å². The van der Waals surface area contributed by atoms with Crippen molar-refractivity contribution < 1.29 is 14.3 Å². The van der Waals surface area contributed by atoms with E-state index in [4.69, 9.17) is 4.74 Å². The van der Waals surface area contributed by atoms with E-state index >= 15 is 0 Å². The van der Waals surface area contributed by atoms with E-state index in [0.717, 1.165) is 23.2 Å². The Morgan fingerprint density at radius 1 is 1.14 bits per heavy atom. The van der Waals surface area contributed by atoms with Gasteiger partial charge in [0.1, 0.15) is 5.56 Å². The van der Waals surface area contributed by atoms with Crippen LogP contribution in [0.15, 0.2) is 48.8 Å². The zero-order valence-corrected chi connectivity index (χ0v) is 16.1. The zero-order valence-electron chi connectivity index (χ0n) is 16.1. The highest BCUT2D eigenvalue weighted by atomic mass is 16.5. The topological polar surface area (TPSA) is 86.1 Å². The van der Waals surface area contributed by atoms with Crippen LogP contribution in [0.1, 0.15) is 34.1 Å². The first-order valence-corrected chi connectivity index (χ1v) is 9.02. The number of anilines is 1. The fourth-order valence-electron chi connectivity index (χ4n) is 2.91. The minimum absolute atomic E-state index is 0.295. The molecule has 0 saturated carbocycles. The number of amides is 1. The van der Waals surface area contributed by atoms with E-state index in [0.29, 0.717) is 17.1 Å². The molecule has 0 radical (unpaired) electrons. The zero-order chi connectivity index (χ0) is 20.1. The van der Waals surface area contributed by atoms with Gasteiger partial charge in [-0.25, -0.2) is 14.5 Å². The van der Waals surface area contributed by atoms with Crippen LogP contribution in [0.25, 0.3) is 5.82 Å². The third kappa shape index (κ3) is 4.09. The average molecular weight is 378 g/mol. The van der Waals surface area contributed by atoms with Gasteiger partial charge in [-0.1, -0.05) is 31.2 Å². The molecule has 0 aliphatic rings. The quantitative estimate of drug-likeness (QED) is 0.666. The predicted octanol–water partition coefficient (Wildman–Crippen LogP) is 3.24. The fourth-order valence-corrected chi connectivity index (χ4v) is 2.91. The molecule has 0 saturated heterocycles. The van der Waals surface area contributed by atoms with Crippen LogP contribution in [0.4, 0.5) is 5.69 Å². The van der Waals surface area contributed by atoms with Crippen LogP contribution in [0.2, 0.25) is 0 Å². The van der Waals surface area contributed by atoms with Crippen molar-refractivity contribution in [2.75, 3.05) is 11.9 Å². The van der Waals surface area contributed by atoms with E-state index in [1.165, 1.54) is 6.20 Å². The number of hydrogen-bond donors (Lipinski definition) is 1. The second-order valence-electron chi connectivity index (χ2n) is 6.33. The minimum atomic E-state index is -0.602. The van der Waals surface area contributed by atoms with Crippen molar-refractivity contribution in [1.29, 1.82) is 0 Å². The van der Waals surface area contributed by atoms with E-state index in [9.17, 15) is 9.59 Å². The summed E-state index contributed by atoms with van der Waals surface area (Å²) in [6, 6.07) is 11.3. The molecule has 0 unspecified atom stereocenters. The molecular formula is C21H22N4O3. The van der Waals surface area contributed by atoms with E-state index in [2.05, 4.69) is 15.4 Å². The molecule has 7 heteroatoms. The molecule has 0 bridgehead atoms. The number of pyridine rings is 1. The molecular weight excluding hydrogens is 356 g/mol. The first kappa shape index (κ1) is 19.3. The summed E-state index contributed by atoms with van der Waals surface area (Å²) in [6.07, 6.45) is 3.86. The molecule has 0 aliphatic heterocycles. The Morgan fingerprint density at radius 2 is 1.96 bits per heavy atom. The number of carbonyl (C=O) groups is 2. The Labute approximate surface area is 163 Å². The highest BCUT2D eigenvalue weighted by Crippen LogP contribution is 2.21.